The Kier molecular flexibility index (Phi) is 4.83. The molecule has 5 nitrogen and oxygen atoms in total. The molecule has 21 heavy (non-hydrogen) atoms. The highest BCUT2D eigenvalue weighted by atomic mass is 16.5. The van der Waals surface area contributed by atoms with Crippen molar-refractivity contribution in [1.29, 1.82) is 0 Å². The molecule has 2 rings (SSSR count). The van der Waals surface area contributed by atoms with Crippen LogP contribution in [0, 0.1) is 0 Å². The predicted octanol–water partition coefficient (Wildman–Crippen LogP) is 2.33. The quantitative estimate of drug-likeness (QED) is 0.925. The van der Waals surface area contributed by atoms with Crippen molar-refractivity contribution in [2.45, 2.75) is 39.2 Å². The third kappa shape index (κ3) is 3.53. The molecular weight excluding hydrogens is 266 g/mol. The van der Waals surface area contributed by atoms with Gasteiger partial charge in [-0.25, -0.2) is 4.98 Å². The second kappa shape index (κ2) is 6.43. The highest BCUT2D eigenvalue weighted by Crippen LogP contribution is 2.23. The van der Waals surface area contributed by atoms with Gasteiger partial charge in [0.25, 0.3) is 5.91 Å². The molecule has 2 heterocycles. The Bertz CT molecular complexity index is 514. The smallest absolute Gasteiger partial charge is 0.254 e. The number of hydrogen-bond donors (Lipinski definition) is 1. The first kappa shape index (κ1) is 15.8. The van der Waals surface area contributed by atoms with Crippen LogP contribution in [0.15, 0.2) is 12.1 Å². The lowest BCUT2D eigenvalue weighted by atomic mass is 10.0. The molecule has 0 aliphatic carbocycles. The summed E-state index contributed by atoms with van der Waals surface area (Å²) in [4.78, 5) is 19.3. The molecule has 5 heteroatoms. The van der Waals surface area contributed by atoms with Crippen LogP contribution in [0.1, 0.15) is 43.2 Å². The third-order valence-electron chi connectivity index (χ3n) is 3.78. The summed E-state index contributed by atoms with van der Waals surface area (Å²) in [7, 11) is 1.82. The number of nitrogens with zero attached hydrogens (tertiary/aromatic N) is 2. The number of amides is 1. The van der Waals surface area contributed by atoms with Crippen molar-refractivity contribution >= 4 is 11.7 Å². The fraction of sp³-hybridized carbons (Fsp3) is 0.625. The van der Waals surface area contributed by atoms with Crippen LogP contribution < -0.4 is 5.32 Å². The molecule has 1 aromatic heterocycles. The van der Waals surface area contributed by atoms with E-state index in [1.165, 1.54) is 0 Å². The number of pyridine rings is 1. The largest absolute Gasteiger partial charge is 0.377 e. The molecule has 0 aromatic carbocycles. The monoisotopic (exact) mass is 291 g/mol. The van der Waals surface area contributed by atoms with Gasteiger partial charge in [-0.3, -0.25) is 4.79 Å². The van der Waals surface area contributed by atoms with Crippen molar-refractivity contribution in [2.75, 3.05) is 32.1 Å². The van der Waals surface area contributed by atoms with Crippen LogP contribution in [-0.4, -0.2) is 48.1 Å². The summed E-state index contributed by atoms with van der Waals surface area (Å²) in [6, 6.07) is 3.74. The highest BCUT2D eigenvalue weighted by molar-refractivity contribution is 5.95. The lowest BCUT2D eigenvalue weighted by Gasteiger charge is -2.42. The van der Waals surface area contributed by atoms with Crippen molar-refractivity contribution < 1.29 is 9.53 Å². The first-order valence-corrected chi connectivity index (χ1v) is 7.56. The third-order valence-corrected chi connectivity index (χ3v) is 3.78. The SMILES string of the molecule is CCCc1cc(C(=O)N2CCOCC2(C)C)cc(NC)n1. The van der Waals surface area contributed by atoms with E-state index < -0.39 is 0 Å². The molecule has 1 aliphatic heterocycles. The van der Waals surface area contributed by atoms with E-state index >= 15 is 0 Å². The zero-order chi connectivity index (χ0) is 15.5. The van der Waals surface area contributed by atoms with E-state index in [1.54, 1.807) is 0 Å². The van der Waals surface area contributed by atoms with Gasteiger partial charge in [0.2, 0.25) is 0 Å². The fourth-order valence-electron chi connectivity index (χ4n) is 2.61. The summed E-state index contributed by atoms with van der Waals surface area (Å²) in [5.41, 5.74) is 1.38. The van der Waals surface area contributed by atoms with Crippen molar-refractivity contribution in [3.8, 4) is 0 Å². The van der Waals surface area contributed by atoms with Crippen molar-refractivity contribution in [3.05, 3.63) is 23.4 Å². The standard InChI is InChI=1S/C16H25N3O2/c1-5-6-13-9-12(10-14(17-4)18-13)15(20)19-7-8-21-11-16(19,2)3/h9-10H,5-8,11H2,1-4H3,(H,17,18). The Balaban J connectivity index is 2.31. The van der Waals surface area contributed by atoms with Crippen LogP contribution in [0.25, 0.3) is 0 Å². The molecule has 116 valence electrons. The van der Waals surface area contributed by atoms with Crippen LogP contribution in [0.4, 0.5) is 5.82 Å². The Labute approximate surface area is 126 Å². The van der Waals surface area contributed by atoms with Gasteiger partial charge in [0.15, 0.2) is 0 Å². The van der Waals surface area contributed by atoms with E-state index in [2.05, 4.69) is 17.2 Å². The van der Waals surface area contributed by atoms with Crippen LogP contribution in [0.2, 0.25) is 0 Å². The van der Waals surface area contributed by atoms with Gasteiger partial charge in [0, 0.05) is 24.8 Å². The summed E-state index contributed by atoms with van der Waals surface area (Å²) in [6.45, 7) is 7.99. The second-order valence-electron chi connectivity index (χ2n) is 6.05. The van der Waals surface area contributed by atoms with Crippen LogP contribution in [-0.2, 0) is 11.2 Å². The van der Waals surface area contributed by atoms with Gasteiger partial charge in [-0.15, -0.1) is 0 Å². The fourth-order valence-corrected chi connectivity index (χ4v) is 2.61. The van der Waals surface area contributed by atoms with Crippen molar-refractivity contribution in [1.82, 2.24) is 9.88 Å². The van der Waals surface area contributed by atoms with E-state index in [0.717, 1.165) is 24.4 Å². The number of anilines is 1. The Morgan fingerprint density at radius 1 is 1.48 bits per heavy atom. The maximum atomic E-state index is 12.9. The van der Waals surface area contributed by atoms with E-state index in [1.807, 2.05) is 37.9 Å². The van der Waals surface area contributed by atoms with E-state index in [4.69, 9.17) is 4.74 Å². The average molecular weight is 291 g/mol. The molecule has 0 atom stereocenters. The Hall–Kier alpha value is -1.62. The Morgan fingerprint density at radius 3 is 2.86 bits per heavy atom. The molecule has 0 unspecified atom stereocenters. The van der Waals surface area contributed by atoms with Gasteiger partial charge < -0.3 is 15.0 Å². The van der Waals surface area contributed by atoms with Crippen molar-refractivity contribution in [2.24, 2.45) is 0 Å². The van der Waals surface area contributed by atoms with E-state index in [9.17, 15) is 4.79 Å². The molecule has 1 aromatic rings. The summed E-state index contributed by atoms with van der Waals surface area (Å²) in [5.74, 6) is 0.801. The van der Waals surface area contributed by atoms with Crippen LogP contribution in [0.5, 0.6) is 0 Å². The van der Waals surface area contributed by atoms with Gasteiger partial charge in [0.05, 0.1) is 18.8 Å². The number of carbonyl (C=O) groups is 1. The molecule has 1 saturated heterocycles. The zero-order valence-corrected chi connectivity index (χ0v) is 13.4. The number of nitrogens with one attached hydrogen (secondary N) is 1. The lowest BCUT2D eigenvalue weighted by molar-refractivity contribution is -0.0370. The maximum absolute atomic E-state index is 12.9. The highest BCUT2D eigenvalue weighted by Gasteiger charge is 2.34. The summed E-state index contributed by atoms with van der Waals surface area (Å²) in [6.07, 6.45) is 1.89. The first-order valence-electron chi connectivity index (χ1n) is 7.56. The van der Waals surface area contributed by atoms with Crippen molar-refractivity contribution in [3.63, 3.8) is 0 Å². The van der Waals surface area contributed by atoms with Gasteiger partial charge in [0.1, 0.15) is 5.82 Å². The number of carbonyl (C=O) groups excluding carboxylic acids is 1. The minimum Gasteiger partial charge on any atom is -0.377 e. The average Bonchev–Trinajstić information content (AvgIpc) is 2.46. The normalized spacial score (nSPS) is 17.6. The second-order valence-corrected chi connectivity index (χ2v) is 6.05. The van der Waals surface area contributed by atoms with Crippen LogP contribution in [0.3, 0.4) is 0 Å². The molecule has 1 amide bonds. The predicted molar refractivity (Wildman–Crippen MR) is 83.7 cm³/mol. The number of morpholine rings is 1. The van der Waals surface area contributed by atoms with Gasteiger partial charge >= 0.3 is 0 Å². The van der Waals surface area contributed by atoms with E-state index in [0.29, 0.717) is 25.3 Å². The molecule has 0 bridgehead atoms. The van der Waals surface area contributed by atoms with Gasteiger partial charge in [-0.2, -0.15) is 0 Å². The van der Waals surface area contributed by atoms with E-state index in [-0.39, 0.29) is 11.4 Å². The topological polar surface area (TPSA) is 54.5 Å². The number of ether oxygens (including phenoxy) is 1. The summed E-state index contributed by atoms with van der Waals surface area (Å²) in [5, 5.41) is 3.04. The molecule has 1 aliphatic rings. The van der Waals surface area contributed by atoms with Gasteiger partial charge in [-0.05, 0) is 32.4 Å². The molecule has 0 spiro atoms. The molecule has 0 saturated carbocycles. The molecule has 0 radical (unpaired) electrons. The summed E-state index contributed by atoms with van der Waals surface area (Å²) >= 11 is 0. The summed E-state index contributed by atoms with van der Waals surface area (Å²) < 4.78 is 5.49. The Morgan fingerprint density at radius 2 is 2.24 bits per heavy atom. The van der Waals surface area contributed by atoms with Gasteiger partial charge in [-0.1, -0.05) is 13.3 Å². The number of aromatic nitrogens is 1. The number of aryl methyl sites for hydroxylation is 1. The minimum atomic E-state index is -0.274. The number of rotatable bonds is 4. The van der Waals surface area contributed by atoms with Crippen LogP contribution >= 0.6 is 0 Å². The zero-order valence-electron chi connectivity index (χ0n) is 13.4. The maximum Gasteiger partial charge on any atom is 0.254 e. The first-order chi connectivity index (χ1) is 9.97. The number of hydrogen-bond acceptors (Lipinski definition) is 4. The minimum absolute atomic E-state index is 0.0551. The molecule has 1 N–H and O–H groups in total. The lowest BCUT2D eigenvalue weighted by Crippen LogP contribution is -2.55. The molecular formula is C16H25N3O2. The molecule has 1 fully saturated rings.